The van der Waals surface area contributed by atoms with Gasteiger partial charge in [0.2, 0.25) is 0 Å². The predicted octanol–water partition coefficient (Wildman–Crippen LogP) is 2.77. The van der Waals surface area contributed by atoms with Gasteiger partial charge in [-0.1, -0.05) is 17.3 Å². The van der Waals surface area contributed by atoms with Crippen LogP contribution >= 0.6 is 10.4 Å². The molecule has 2 unspecified atom stereocenters. The van der Waals surface area contributed by atoms with Crippen LogP contribution in [0.15, 0.2) is 0 Å². The highest BCUT2D eigenvalue weighted by atomic mass is 32.3. The molecule has 0 N–H and O–H groups in total. The number of nitrogens with zero attached hydrogens (tertiary/aromatic N) is 2. The molecule has 74 valence electrons. The van der Waals surface area contributed by atoms with Crippen molar-refractivity contribution in [2.45, 2.75) is 25.0 Å². The van der Waals surface area contributed by atoms with Gasteiger partial charge in [-0.3, -0.25) is 0 Å². The van der Waals surface area contributed by atoms with Crippen molar-refractivity contribution >= 4 is 10.4 Å². The molecule has 0 aliphatic rings. The van der Waals surface area contributed by atoms with Crippen LogP contribution in [0.5, 0.6) is 0 Å². The number of halogens is 1. The van der Waals surface area contributed by atoms with E-state index < -0.39 is 10.4 Å². The van der Waals surface area contributed by atoms with Crippen LogP contribution in [0.3, 0.4) is 0 Å². The van der Waals surface area contributed by atoms with E-state index in [0.717, 1.165) is 0 Å². The molecular formula is C9H15FN2S. The highest BCUT2D eigenvalue weighted by molar-refractivity contribution is 8.28. The Kier molecular flexibility index (Phi) is 4.80. The third-order valence-corrected chi connectivity index (χ3v) is 4.28. The minimum atomic E-state index is -2.18. The highest BCUT2D eigenvalue weighted by Crippen LogP contribution is 2.50. The molecule has 2 nitrogen and oxygen atoms in total. The van der Waals surface area contributed by atoms with Crippen LogP contribution in [0, 0.1) is 28.6 Å². The third-order valence-electron chi connectivity index (χ3n) is 2.18. The van der Waals surface area contributed by atoms with E-state index >= 15 is 0 Å². The summed E-state index contributed by atoms with van der Waals surface area (Å²) in [6, 6.07) is 4.05. The standard InChI is InChI=1S/C9H15FN2S/c1-8(13(2,3)10)9(7-12)5-4-6-11/h8-9H,4-5H2,1-3H3. The zero-order valence-corrected chi connectivity index (χ0v) is 9.07. The quantitative estimate of drug-likeness (QED) is 0.703. The second-order valence-electron chi connectivity index (χ2n) is 3.41. The molecule has 13 heavy (non-hydrogen) atoms. The Labute approximate surface area is 81.0 Å². The summed E-state index contributed by atoms with van der Waals surface area (Å²) in [6.07, 6.45) is 3.91. The SMILES string of the molecule is CC(C(C#N)CCC#N)S(C)(C)F. The number of hydrogen-bond acceptors (Lipinski definition) is 2. The first-order valence-electron chi connectivity index (χ1n) is 4.11. The van der Waals surface area contributed by atoms with Crippen LogP contribution in [-0.2, 0) is 0 Å². The highest BCUT2D eigenvalue weighted by Gasteiger charge is 2.27. The van der Waals surface area contributed by atoms with Crippen molar-refractivity contribution in [3.05, 3.63) is 0 Å². The van der Waals surface area contributed by atoms with Crippen LogP contribution in [-0.4, -0.2) is 17.8 Å². The molecule has 0 spiro atoms. The lowest BCUT2D eigenvalue weighted by Gasteiger charge is -2.31. The lowest BCUT2D eigenvalue weighted by Crippen LogP contribution is -2.19. The van der Waals surface area contributed by atoms with Crippen LogP contribution in [0.4, 0.5) is 3.89 Å². The average Bonchev–Trinajstić information content (AvgIpc) is 2.04. The maximum Gasteiger partial charge on any atom is 0.0668 e. The normalized spacial score (nSPS) is 16.8. The minimum absolute atomic E-state index is 0.245. The summed E-state index contributed by atoms with van der Waals surface area (Å²) in [4.78, 5) is 0. The zero-order valence-electron chi connectivity index (χ0n) is 8.25. The van der Waals surface area contributed by atoms with Crippen molar-refractivity contribution in [2.24, 2.45) is 5.92 Å². The van der Waals surface area contributed by atoms with E-state index in [4.69, 9.17) is 10.5 Å². The Bertz CT molecular complexity index is 233. The van der Waals surface area contributed by atoms with Crippen molar-refractivity contribution in [3.8, 4) is 12.1 Å². The van der Waals surface area contributed by atoms with Gasteiger partial charge >= 0.3 is 0 Å². The van der Waals surface area contributed by atoms with Gasteiger partial charge in [0.05, 0.1) is 18.1 Å². The minimum Gasteiger partial charge on any atom is -0.198 e. The molecule has 0 aromatic rings. The van der Waals surface area contributed by atoms with Gasteiger partial charge in [0.15, 0.2) is 0 Å². The summed E-state index contributed by atoms with van der Waals surface area (Å²) < 4.78 is 13.5. The monoisotopic (exact) mass is 202 g/mol. The van der Waals surface area contributed by atoms with E-state index in [1.54, 1.807) is 19.4 Å². The van der Waals surface area contributed by atoms with E-state index in [0.29, 0.717) is 12.8 Å². The fraction of sp³-hybridized carbons (Fsp3) is 0.778. The second-order valence-corrected chi connectivity index (χ2v) is 6.71. The summed E-state index contributed by atoms with van der Waals surface area (Å²) in [5.41, 5.74) is 0. The molecule has 2 atom stereocenters. The Morgan fingerprint density at radius 2 is 1.92 bits per heavy atom. The third kappa shape index (κ3) is 4.15. The molecule has 0 fully saturated rings. The first kappa shape index (κ1) is 12.3. The molecule has 0 rings (SSSR count). The Morgan fingerprint density at radius 3 is 2.23 bits per heavy atom. The van der Waals surface area contributed by atoms with E-state index in [-0.39, 0.29) is 11.2 Å². The molecular weight excluding hydrogens is 187 g/mol. The van der Waals surface area contributed by atoms with Crippen molar-refractivity contribution < 1.29 is 3.89 Å². The molecule has 0 amide bonds. The molecule has 0 saturated carbocycles. The second kappa shape index (κ2) is 5.09. The van der Waals surface area contributed by atoms with Gasteiger partial charge in [-0.05, 0) is 18.9 Å². The van der Waals surface area contributed by atoms with Gasteiger partial charge in [0.1, 0.15) is 0 Å². The van der Waals surface area contributed by atoms with Crippen LogP contribution in [0.1, 0.15) is 19.8 Å². The molecule has 0 aliphatic heterocycles. The van der Waals surface area contributed by atoms with Gasteiger partial charge in [0.25, 0.3) is 0 Å². The van der Waals surface area contributed by atoms with Crippen molar-refractivity contribution in [1.82, 2.24) is 0 Å². The van der Waals surface area contributed by atoms with E-state index in [2.05, 4.69) is 6.07 Å². The summed E-state index contributed by atoms with van der Waals surface area (Å²) >= 11 is 0. The Morgan fingerprint density at radius 1 is 1.38 bits per heavy atom. The zero-order chi connectivity index (χ0) is 10.5. The lowest BCUT2D eigenvalue weighted by atomic mass is 10.0. The van der Waals surface area contributed by atoms with Crippen molar-refractivity contribution in [3.63, 3.8) is 0 Å². The fourth-order valence-electron chi connectivity index (χ4n) is 1.01. The first-order valence-corrected chi connectivity index (χ1v) is 6.53. The van der Waals surface area contributed by atoms with Crippen LogP contribution in [0.2, 0.25) is 0 Å². The molecule has 0 radical (unpaired) electrons. The molecule has 4 heteroatoms. The van der Waals surface area contributed by atoms with Gasteiger partial charge in [-0.25, -0.2) is 0 Å². The molecule has 0 aliphatic carbocycles. The van der Waals surface area contributed by atoms with Gasteiger partial charge in [0, 0.05) is 11.7 Å². The van der Waals surface area contributed by atoms with Gasteiger partial charge in [-0.2, -0.15) is 14.4 Å². The van der Waals surface area contributed by atoms with E-state index in [9.17, 15) is 3.89 Å². The predicted molar refractivity (Wildman–Crippen MR) is 54.0 cm³/mol. The number of hydrogen-bond donors (Lipinski definition) is 0. The first-order chi connectivity index (χ1) is 5.93. The number of rotatable bonds is 4. The molecule has 0 bridgehead atoms. The molecule has 0 aromatic carbocycles. The average molecular weight is 202 g/mol. The summed E-state index contributed by atoms with van der Waals surface area (Å²) in [7, 11) is -2.18. The topological polar surface area (TPSA) is 47.6 Å². The van der Waals surface area contributed by atoms with Gasteiger partial charge in [-0.15, -0.1) is 0 Å². The van der Waals surface area contributed by atoms with Crippen molar-refractivity contribution in [2.75, 3.05) is 12.5 Å². The summed E-state index contributed by atoms with van der Waals surface area (Å²) in [6.45, 7) is 1.75. The maximum atomic E-state index is 13.5. The molecule has 0 aromatic heterocycles. The fourth-order valence-corrected chi connectivity index (χ4v) is 1.99. The van der Waals surface area contributed by atoms with Crippen LogP contribution < -0.4 is 0 Å². The summed E-state index contributed by atoms with van der Waals surface area (Å²) in [5.74, 6) is -0.324. The van der Waals surface area contributed by atoms with Crippen molar-refractivity contribution in [1.29, 1.82) is 10.5 Å². The molecule has 0 saturated heterocycles. The lowest BCUT2D eigenvalue weighted by molar-refractivity contribution is 0.592. The summed E-state index contributed by atoms with van der Waals surface area (Å²) in [5, 5.41) is 16.9. The molecule has 0 heterocycles. The maximum absolute atomic E-state index is 13.5. The largest absolute Gasteiger partial charge is 0.198 e. The van der Waals surface area contributed by atoms with Crippen LogP contribution in [0.25, 0.3) is 0 Å². The van der Waals surface area contributed by atoms with E-state index in [1.165, 1.54) is 0 Å². The Hall–Kier alpha value is -0.740. The van der Waals surface area contributed by atoms with E-state index in [1.807, 2.05) is 6.07 Å². The Balaban J connectivity index is 4.28. The van der Waals surface area contributed by atoms with Gasteiger partial charge < -0.3 is 0 Å². The smallest absolute Gasteiger partial charge is 0.0668 e. The number of nitriles is 2.